The van der Waals surface area contributed by atoms with Gasteiger partial charge in [0.05, 0.1) is 22.9 Å². The van der Waals surface area contributed by atoms with Crippen molar-refractivity contribution in [2.45, 2.75) is 126 Å². The number of amides is 1. The summed E-state index contributed by atoms with van der Waals surface area (Å²) >= 11 is 0. The van der Waals surface area contributed by atoms with Gasteiger partial charge in [0.2, 0.25) is 5.91 Å². The maximum Gasteiger partial charge on any atom is 3.00 e. The van der Waals surface area contributed by atoms with E-state index in [1.54, 1.807) is 5.30 Å². The monoisotopic (exact) mass is 798 g/mol. The standard InChI is InChI=1S/C40H49N2OP.C7H6.Rh/c43-40(32-22-10-3-11-23-32)42-38(31-20-8-2-9-21-31)37(30-18-6-1-7-19-30)41-39(42)35-28-16-17-29-36(35)44(33-24-12-4-13-25-33)34-26-14-5-15-27-34;1-2-7-4-3-6(1)5-7;/h1-2,6-9,16-21,28-29,32-34,37-38H,3-5,10-15,22-27H2;1,3,6-7H,5H2;/q;-2;+3/p+1/t37-,38-;;/m0../s1. The molecule has 2 atom stereocenters. The molecule has 6 aliphatic rings. The van der Waals surface area contributed by atoms with Gasteiger partial charge >= 0.3 is 19.5 Å². The third kappa shape index (κ3) is 8.35. The fraction of sp³-hybridized carbons (Fsp3) is 0.489. The second-order valence-electron chi connectivity index (χ2n) is 16.0. The first-order valence-electron chi connectivity index (χ1n) is 20.4. The van der Waals surface area contributed by atoms with Gasteiger partial charge in [0.25, 0.3) is 0 Å². The van der Waals surface area contributed by atoms with E-state index in [0.717, 1.165) is 42.8 Å². The Kier molecular flexibility index (Phi) is 13.1. The van der Waals surface area contributed by atoms with Crippen molar-refractivity contribution >= 4 is 25.0 Å². The second-order valence-corrected chi connectivity index (χ2v) is 19.1. The van der Waals surface area contributed by atoms with Gasteiger partial charge in [-0.2, -0.15) is 0 Å². The first kappa shape index (κ1) is 37.6. The predicted molar refractivity (Wildman–Crippen MR) is 214 cm³/mol. The Bertz CT molecular complexity index is 1640. The number of nitrogens with zero attached hydrogens (tertiary/aromatic N) is 2. The third-order valence-corrected chi connectivity index (χ3v) is 16.6. The van der Waals surface area contributed by atoms with Gasteiger partial charge in [-0.15, -0.1) is 0 Å². The SMILES string of the molecule is O=C(C1CCCCC1)N1C(c2ccccc2[PH+](C2CCCCC2)C2CCCCC2)=N[C@@H](c2ccccc2)[C@@H]1c1ccccc1.[C-]1=CC2C=[C-]C1C2.[Rh+3]. The largest absolute Gasteiger partial charge is 3.00 e. The molecule has 3 fully saturated rings. The van der Waals surface area contributed by atoms with Gasteiger partial charge in [0.1, 0.15) is 17.2 Å². The molecule has 0 unspecified atom stereocenters. The number of hydrogen-bond donors (Lipinski definition) is 0. The molecular formula is C47H56N2OPRh+2. The minimum atomic E-state index is -0.844. The first-order valence-corrected chi connectivity index (χ1v) is 22.1. The summed E-state index contributed by atoms with van der Waals surface area (Å²) in [5.74, 6) is 2.60. The number of carbonyl (C=O) groups is 1. The molecule has 2 bridgehead atoms. The molecule has 3 aromatic carbocycles. The summed E-state index contributed by atoms with van der Waals surface area (Å²) in [6, 6.07) is 30.6. The molecule has 1 aliphatic heterocycles. The van der Waals surface area contributed by atoms with E-state index in [-0.39, 0.29) is 37.5 Å². The van der Waals surface area contributed by atoms with Crippen molar-refractivity contribution in [2.75, 3.05) is 0 Å². The van der Waals surface area contributed by atoms with E-state index >= 15 is 0 Å². The van der Waals surface area contributed by atoms with Crippen molar-refractivity contribution in [3.8, 4) is 0 Å². The number of rotatable bonds is 7. The van der Waals surface area contributed by atoms with Gasteiger partial charge in [0.15, 0.2) is 0 Å². The molecule has 3 nitrogen and oxygen atoms in total. The van der Waals surface area contributed by atoms with Crippen molar-refractivity contribution in [3.63, 3.8) is 0 Å². The Morgan fingerprint density at radius 2 is 1.15 bits per heavy atom. The summed E-state index contributed by atoms with van der Waals surface area (Å²) in [6.45, 7) is 0. The third-order valence-electron chi connectivity index (χ3n) is 12.6. The number of hydrogen-bond acceptors (Lipinski definition) is 2. The molecule has 1 heterocycles. The van der Waals surface area contributed by atoms with Crippen LogP contribution >= 0.6 is 7.92 Å². The van der Waals surface area contributed by atoms with Crippen LogP contribution in [0.15, 0.2) is 102 Å². The molecule has 3 aromatic rings. The predicted octanol–water partition coefficient (Wildman–Crippen LogP) is 11.2. The van der Waals surface area contributed by atoms with Gasteiger partial charge in [-0.25, -0.2) is 0 Å². The van der Waals surface area contributed by atoms with E-state index in [4.69, 9.17) is 4.99 Å². The van der Waals surface area contributed by atoms with Crippen molar-refractivity contribution in [3.05, 3.63) is 126 Å². The van der Waals surface area contributed by atoms with E-state index in [1.807, 2.05) is 0 Å². The molecule has 52 heavy (non-hydrogen) atoms. The first-order chi connectivity index (χ1) is 25.2. The second kappa shape index (κ2) is 18.1. The van der Waals surface area contributed by atoms with Gasteiger partial charge in [-0.3, -0.25) is 26.8 Å². The Morgan fingerprint density at radius 3 is 1.67 bits per heavy atom. The van der Waals surface area contributed by atoms with Crippen LogP contribution in [0.5, 0.6) is 0 Å². The quantitative estimate of drug-likeness (QED) is 0.133. The van der Waals surface area contributed by atoms with E-state index < -0.39 is 7.92 Å². The van der Waals surface area contributed by atoms with Crippen LogP contribution in [0.1, 0.15) is 132 Å². The Labute approximate surface area is 327 Å². The molecule has 5 aliphatic carbocycles. The zero-order valence-electron chi connectivity index (χ0n) is 30.7. The topological polar surface area (TPSA) is 32.7 Å². The van der Waals surface area contributed by atoms with Crippen LogP contribution in [0, 0.1) is 29.9 Å². The summed E-state index contributed by atoms with van der Waals surface area (Å²) in [5.41, 5.74) is 5.31. The minimum Gasteiger partial charge on any atom is -0.527 e. The Morgan fingerprint density at radius 1 is 0.635 bits per heavy atom. The van der Waals surface area contributed by atoms with Crippen molar-refractivity contribution in [1.29, 1.82) is 0 Å². The molecule has 9 rings (SSSR count). The number of allylic oxidation sites excluding steroid dienone is 4. The molecule has 5 heteroatoms. The molecule has 0 N–H and O–H groups in total. The molecule has 0 radical (unpaired) electrons. The number of fused-ring (bicyclic) bond motifs is 2. The van der Waals surface area contributed by atoms with Crippen LogP contribution < -0.4 is 5.30 Å². The van der Waals surface area contributed by atoms with Crippen LogP contribution in [0.2, 0.25) is 0 Å². The minimum absolute atomic E-state index is 0. The summed E-state index contributed by atoms with van der Waals surface area (Å²) in [7, 11) is -0.844. The number of aliphatic imine (C=N–C) groups is 1. The molecule has 3 saturated carbocycles. The molecule has 1 amide bonds. The Hall–Kier alpha value is -2.67. The van der Waals surface area contributed by atoms with Gasteiger partial charge in [-0.05, 0) is 87.5 Å². The van der Waals surface area contributed by atoms with Crippen molar-refractivity contribution < 1.29 is 24.3 Å². The summed E-state index contributed by atoms with van der Waals surface area (Å²) < 4.78 is 0. The van der Waals surface area contributed by atoms with E-state index in [9.17, 15) is 4.79 Å². The van der Waals surface area contributed by atoms with E-state index in [0.29, 0.717) is 17.7 Å². The molecule has 0 aromatic heterocycles. The maximum absolute atomic E-state index is 14.9. The average Bonchev–Trinajstić information content (AvgIpc) is 3.97. The number of amidine groups is 1. The van der Waals surface area contributed by atoms with Crippen LogP contribution in [0.25, 0.3) is 0 Å². The fourth-order valence-electron chi connectivity index (χ4n) is 10.1. The maximum atomic E-state index is 14.9. The van der Waals surface area contributed by atoms with Crippen molar-refractivity contribution in [2.24, 2.45) is 22.7 Å². The molecule has 272 valence electrons. The molecular weight excluding hydrogens is 742 g/mol. The fourth-order valence-corrected chi connectivity index (χ4v) is 14.5. The number of benzene rings is 3. The van der Waals surface area contributed by atoms with E-state index in [1.165, 1.54) is 93.7 Å². The van der Waals surface area contributed by atoms with Gasteiger partial charge < -0.3 is 18.1 Å². The smallest absolute Gasteiger partial charge is 0.527 e. The summed E-state index contributed by atoms with van der Waals surface area (Å²) in [6.07, 6.45) is 31.3. The van der Waals surface area contributed by atoms with Crippen LogP contribution in [-0.2, 0) is 24.3 Å². The van der Waals surface area contributed by atoms with Crippen LogP contribution in [0.4, 0.5) is 0 Å². The zero-order valence-corrected chi connectivity index (χ0v) is 33.4. The molecule has 0 saturated heterocycles. The van der Waals surface area contributed by atoms with E-state index in [2.05, 4.69) is 114 Å². The summed E-state index contributed by atoms with van der Waals surface area (Å²) in [5, 5.41) is 1.57. The van der Waals surface area contributed by atoms with Crippen molar-refractivity contribution in [1.82, 2.24) is 4.90 Å². The summed E-state index contributed by atoms with van der Waals surface area (Å²) in [4.78, 5) is 22.7. The molecule has 0 spiro atoms. The van der Waals surface area contributed by atoms with Crippen LogP contribution in [-0.4, -0.2) is 28.0 Å². The van der Waals surface area contributed by atoms with Gasteiger partial charge in [-0.1, -0.05) is 117 Å². The Balaban J connectivity index is 0.000000466. The van der Waals surface area contributed by atoms with Gasteiger partial charge in [0, 0.05) is 13.8 Å². The zero-order chi connectivity index (χ0) is 34.4. The average molecular weight is 799 g/mol. The van der Waals surface area contributed by atoms with Crippen LogP contribution in [0.3, 0.4) is 0 Å². The number of carbonyl (C=O) groups excluding carboxylic acids is 1. The normalized spacial score (nSPS) is 26.2.